The summed E-state index contributed by atoms with van der Waals surface area (Å²) in [7, 11) is 5.22. The SMILES string of the molecule is COC(OC)C(C)(CN)N(C)Cc1ccccc1Cl. The van der Waals surface area contributed by atoms with Crippen molar-refractivity contribution in [3.05, 3.63) is 34.9 Å². The quantitative estimate of drug-likeness (QED) is 0.780. The second-order valence-electron chi connectivity index (χ2n) is 4.81. The first kappa shape index (κ1) is 16.4. The molecule has 19 heavy (non-hydrogen) atoms. The summed E-state index contributed by atoms with van der Waals surface area (Å²) in [5, 5.41) is 0.750. The van der Waals surface area contributed by atoms with Crippen LogP contribution in [0.15, 0.2) is 24.3 Å². The molecule has 1 atom stereocenters. The van der Waals surface area contributed by atoms with E-state index >= 15 is 0 Å². The molecule has 0 aliphatic rings. The number of benzene rings is 1. The summed E-state index contributed by atoms with van der Waals surface area (Å²) in [6.07, 6.45) is -0.398. The standard InChI is InChI=1S/C14H23ClN2O2/c1-14(10-16,13(18-3)19-4)17(2)9-11-7-5-6-8-12(11)15/h5-8,13H,9-10,16H2,1-4H3. The number of likely N-dealkylation sites (N-methyl/N-ethyl adjacent to an activating group) is 1. The van der Waals surface area contributed by atoms with Gasteiger partial charge in [0.15, 0.2) is 6.29 Å². The van der Waals surface area contributed by atoms with Crippen molar-refractivity contribution in [1.82, 2.24) is 4.90 Å². The van der Waals surface area contributed by atoms with Gasteiger partial charge in [0, 0.05) is 32.3 Å². The predicted molar refractivity (Wildman–Crippen MR) is 78.2 cm³/mol. The van der Waals surface area contributed by atoms with E-state index < -0.39 is 11.8 Å². The Morgan fingerprint density at radius 3 is 2.37 bits per heavy atom. The minimum atomic E-state index is -0.428. The van der Waals surface area contributed by atoms with Gasteiger partial charge >= 0.3 is 0 Å². The fourth-order valence-corrected chi connectivity index (χ4v) is 2.29. The first-order valence-electron chi connectivity index (χ1n) is 6.20. The molecule has 1 rings (SSSR count). The van der Waals surface area contributed by atoms with Crippen molar-refractivity contribution in [1.29, 1.82) is 0 Å². The average Bonchev–Trinajstić information content (AvgIpc) is 2.42. The Bertz CT molecular complexity index is 399. The van der Waals surface area contributed by atoms with Crippen LogP contribution in [0.25, 0.3) is 0 Å². The van der Waals surface area contributed by atoms with E-state index in [9.17, 15) is 0 Å². The molecule has 0 radical (unpaired) electrons. The smallest absolute Gasteiger partial charge is 0.176 e. The van der Waals surface area contributed by atoms with Crippen molar-refractivity contribution in [2.24, 2.45) is 5.73 Å². The third-order valence-corrected chi connectivity index (χ3v) is 3.96. The largest absolute Gasteiger partial charge is 0.354 e. The minimum absolute atomic E-state index is 0.398. The van der Waals surface area contributed by atoms with Gasteiger partial charge in [-0.3, -0.25) is 4.90 Å². The molecule has 4 nitrogen and oxygen atoms in total. The number of ether oxygens (including phenoxy) is 2. The third-order valence-electron chi connectivity index (χ3n) is 3.59. The van der Waals surface area contributed by atoms with Crippen molar-refractivity contribution in [3.8, 4) is 0 Å². The lowest BCUT2D eigenvalue weighted by atomic mass is 9.98. The monoisotopic (exact) mass is 286 g/mol. The Hall–Kier alpha value is -0.650. The van der Waals surface area contributed by atoms with Crippen LogP contribution in [0.3, 0.4) is 0 Å². The molecule has 1 aromatic carbocycles. The summed E-state index contributed by atoms with van der Waals surface area (Å²) in [6, 6.07) is 7.78. The Morgan fingerprint density at radius 1 is 1.32 bits per heavy atom. The van der Waals surface area contributed by atoms with Gasteiger partial charge in [0.05, 0.1) is 5.54 Å². The van der Waals surface area contributed by atoms with Crippen LogP contribution in [-0.4, -0.2) is 44.5 Å². The lowest BCUT2D eigenvalue weighted by Crippen LogP contribution is -2.58. The molecule has 0 saturated carbocycles. The van der Waals surface area contributed by atoms with Crippen molar-refractivity contribution in [2.75, 3.05) is 27.8 Å². The number of halogens is 1. The molecule has 108 valence electrons. The molecular weight excluding hydrogens is 264 g/mol. The maximum absolute atomic E-state index is 6.19. The molecule has 1 aromatic rings. The van der Waals surface area contributed by atoms with E-state index in [2.05, 4.69) is 4.90 Å². The van der Waals surface area contributed by atoms with Crippen LogP contribution < -0.4 is 5.73 Å². The molecule has 0 aliphatic heterocycles. The second kappa shape index (κ2) is 7.22. The van der Waals surface area contributed by atoms with Crippen LogP contribution in [0.4, 0.5) is 0 Å². The Labute approximate surface area is 120 Å². The van der Waals surface area contributed by atoms with Crippen molar-refractivity contribution >= 4 is 11.6 Å². The predicted octanol–water partition coefficient (Wildman–Crippen LogP) is 2.11. The highest BCUT2D eigenvalue weighted by Gasteiger charge is 2.37. The van der Waals surface area contributed by atoms with Gasteiger partial charge in [0.25, 0.3) is 0 Å². The van der Waals surface area contributed by atoms with Crippen LogP contribution in [-0.2, 0) is 16.0 Å². The zero-order valence-corrected chi connectivity index (χ0v) is 12.8. The van der Waals surface area contributed by atoms with Crippen molar-refractivity contribution in [2.45, 2.75) is 25.3 Å². The van der Waals surface area contributed by atoms with E-state index in [-0.39, 0.29) is 0 Å². The van der Waals surface area contributed by atoms with Crippen LogP contribution in [0.1, 0.15) is 12.5 Å². The molecule has 2 N–H and O–H groups in total. The van der Waals surface area contributed by atoms with Crippen molar-refractivity contribution in [3.63, 3.8) is 0 Å². The number of rotatable bonds is 7. The van der Waals surface area contributed by atoms with E-state index in [1.165, 1.54) is 0 Å². The summed E-state index contributed by atoms with van der Waals surface area (Å²) in [5.41, 5.74) is 6.54. The zero-order valence-electron chi connectivity index (χ0n) is 12.0. The topological polar surface area (TPSA) is 47.7 Å². The fraction of sp³-hybridized carbons (Fsp3) is 0.571. The van der Waals surface area contributed by atoms with E-state index in [4.69, 9.17) is 26.8 Å². The molecular formula is C14H23ClN2O2. The van der Waals surface area contributed by atoms with Crippen LogP contribution in [0, 0.1) is 0 Å². The molecule has 0 aliphatic carbocycles. The Kier molecular flexibility index (Phi) is 6.23. The number of nitrogens with two attached hydrogens (primary N) is 1. The summed E-state index contributed by atoms with van der Waals surface area (Å²) in [5.74, 6) is 0. The van der Waals surface area contributed by atoms with E-state index in [0.717, 1.165) is 10.6 Å². The van der Waals surface area contributed by atoms with Gasteiger partial charge < -0.3 is 15.2 Å². The van der Waals surface area contributed by atoms with Gasteiger partial charge in [-0.15, -0.1) is 0 Å². The van der Waals surface area contributed by atoms with Gasteiger partial charge in [-0.2, -0.15) is 0 Å². The average molecular weight is 287 g/mol. The lowest BCUT2D eigenvalue weighted by Gasteiger charge is -2.42. The second-order valence-corrected chi connectivity index (χ2v) is 5.22. The number of methoxy groups -OCH3 is 2. The molecule has 5 heteroatoms. The molecule has 0 saturated heterocycles. The van der Waals surface area contributed by atoms with Gasteiger partial charge in [-0.1, -0.05) is 29.8 Å². The summed E-state index contributed by atoms with van der Waals surface area (Å²) in [4.78, 5) is 2.10. The third kappa shape index (κ3) is 3.68. The van der Waals surface area contributed by atoms with Gasteiger partial charge in [-0.25, -0.2) is 0 Å². The van der Waals surface area contributed by atoms with Gasteiger partial charge in [0.1, 0.15) is 0 Å². The van der Waals surface area contributed by atoms with E-state index in [0.29, 0.717) is 13.1 Å². The zero-order chi connectivity index (χ0) is 14.5. The highest BCUT2D eigenvalue weighted by molar-refractivity contribution is 6.31. The van der Waals surface area contributed by atoms with Crippen LogP contribution in [0.5, 0.6) is 0 Å². The Balaban J connectivity index is 2.90. The van der Waals surface area contributed by atoms with Crippen LogP contribution >= 0.6 is 11.6 Å². The fourth-order valence-electron chi connectivity index (χ4n) is 2.10. The maximum atomic E-state index is 6.19. The summed E-state index contributed by atoms with van der Waals surface area (Å²) >= 11 is 6.19. The maximum Gasteiger partial charge on any atom is 0.176 e. The van der Waals surface area contributed by atoms with E-state index in [1.807, 2.05) is 38.2 Å². The summed E-state index contributed by atoms with van der Waals surface area (Å²) in [6.45, 7) is 3.11. The number of nitrogens with zero attached hydrogens (tertiary/aromatic N) is 1. The Morgan fingerprint density at radius 2 is 1.89 bits per heavy atom. The number of hydrogen-bond acceptors (Lipinski definition) is 4. The first-order valence-corrected chi connectivity index (χ1v) is 6.57. The molecule has 0 aromatic heterocycles. The number of hydrogen-bond donors (Lipinski definition) is 1. The molecule has 0 heterocycles. The van der Waals surface area contributed by atoms with Crippen molar-refractivity contribution < 1.29 is 9.47 Å². The molecule has 0 amide bonds. The molecule has 0 fully saturated rings. The van der Waals surface area contributed by atoms with Gasteiger partial charge in [0.2, 0.25) is 0 Å². The van der Waals surface area contributed by atoms with Crippen LogP contribution in [0.2, 0.25) is 5.02 Å². The molecule has 0 spiro atoms. The highest BCUT2D eigenvalue weighted by atomic mass is 35.5. The highest BCUT2D eigenvalue weighted by Crippen LogP contribution is 2.24. The normalized spacial score (nSPS) is 14.9. The lowest BCUT2D eigenvalue weighted by molar-refractivity contribution is -0.178. The van der Waals surface area contributed by atoms with E-state index in [1.54, 1.807) is 14.2 Å². The van der Waals surface area contributed by atoms with Gasteiger partial charge in [-0.05, 0) is 25.6 Å². The molecule has 1 unspecified atom stereocenters. The first-order chi connectivity index (χ1) is 8.99. The molecule has 0 bridgehead atoms. The summed E-state index contributed by atoms with van der Waals surface area (Å²) < 4.78 is 10.7. The minimum Gasteiger partial charge on any atom is -0.354 e.